The zero-order valence-electron chi connectivity index (χ0n) is 41.1. The third-order valence-electron chi connectivity index (χ3n) is 12.9. The second-order valence-electron chi connectivity index (χ2n) is 20.4. The fourth-order valence-electron chi connectivity index (χ4n) is 9.16. The number of H-pyrrole nitrogens is 2. The normalized spacial score (nSPS) is 14.4. The Hall–Kier alpha value is -8.10. The highest BCUT2D eigenvalue weighted by Crippen LogP contribution is 2.44. The molecule has 8 nitrogen and oxygen atoms in total. The van der Waals surface area contributed by atoms with Gasteiger partial charge in [0.25, 0.3) is 0 Å². The fourth-order valence-corrected chi connectivity index (χ4v) is 9.16. The molecule has 2 aliphatic heterocycles. The Balaban J connectivity index is 0.000000174. The molecular formula is C62H58N2O6. The van der Waals surface area contributed by atoms with E-state index in [2.05, 4.69) is 162 Å². The Morgan fingerprint density at radius 1 is 0.471 bits per heavy atom. The smallest absolute Gasteiger partial charge is 0.335 e. The number of hydrogen-bond donors (Lipinski definition) is 4. The summed E-state index contributed by atoms with van der Waals surface area (Å²) in [5, 5.41) is 18.5. The van der Waals surface area contributed by atoms with Crippen LogP contribution in [0.25, 0.3) is 56.2 Å². The molecule has 4 N–H and O–H groups in total. The van der Waals surface area contributed by atoms with E-state index in [0.717, 1.165) is 73.2 Å². The number of ether oxygens (including phenoxy) is 2. The van der Waals surface area contributed by atoms with E-state index in [0.29, 0.717) is 5.56 Å². The average molecular weight is 927 g/mol. The molecule has 8 aromatic rings. The van der Waals surface area contributed by atoms with Crippen molar-refractivity contribution in [2.45, 2.75) is 78.9 Å². The van der Waals surface area contributed by atoms with Gasteiger partial charge in [-0.3, -0.25) is 0 Å². The van der Waals surface area contributed by atoms with Crippen molar-refractivity contribution in [1.29, 1.82) is 0 Å². The molecule has 0 radical (unpaired) electrons. The Morgan fingerprint density at radius 3 is 1.30 bits per heavy atom. The summed E-state index contributed by atoms with van der Waals surface area (Å²) in [4.78, 5) is 29.5. The van der Waals surface area contributed by atoms with Gasteiger partial charge in [0.15, 0.2) is 0 Å². The van der Waals surface area contributed by atoms with Crippen molar-refractivity contribution in [3.63, 3.8) is 0 Å². The van der Waals surface area contributed by atoms with Crippen LogP contribution in [0.3, 0.4) is 0 Å². The van der Waals surface area contributed by atoms with Gasteiger partial charge in [0, 0.05) is 33.9 Å². The molecule has 8 heteroatoms. The molecule has 2 aromatic heterocycles. The van der Waals surface area contributed by atoms with Crippen molar-refractivity contribution < 1.29 is 29.3 Å². The zero-order valence-corrected chi connectivity index (χ0v) is 41.1. The van der Waals surface area contributed by atoms with E-state index < -0.39 is 23.1 Å². The summed E-state index contributed by atoms with van der Waals surface area (Å²) in [7, 11) is 0. The van der Waals surface area contributed by atoms with Gasteiger partial charge in [-0.05, 0) is 200 Å². The highest BCUT2D eigenvalue weighted by atomic mass is 16.5. The summed E-state index contributed by atoms with van der Waals surface area (Å²) in [5.74, 6) is -0.0890. The first-order valence-electron chi connectivity index (χ1n) is 23.6. The SMILES string of the molecule is CC1(C)C=C(c2ccc(C(C)(C)C)cc2)c2cc(-c3ccc(-c4ccc(C(=O)O)cc4)[nH]3)ccc2O1.Cc1ccc(C2=CC(C)(C)Oc3ccc(-c4ccc(-c5ccc(C(=O)O)c(C)c5)[nH]4)cc32)cc1. The van der Waals surface area contributed by atoms with Crippen LogP contribution in [0.15, 0.2) is 164 Å². The maximum atomic E-state index is 11.3. The molecule has 0 fully saturated rings. The van der Waals surface area contributed by atoms with Gasteiger partial charge in [-0.15, -0.1) is 0 Å². The van der Waals surface area contributed by atoms with Gasteiger partial charge in [-0.25, -0.2) is 9.59 Å². The summed E-state index contributed by atoms with van der Waals surface area (Å²) < 4.78 is 12.6. The predicted octanol–water partition coefficient (Wildman–Crippen LogP) is 15.2. The van der Waals surface area contributed by atoms with Gasteiger partial charge in [-0.2, -0.15) is 0 Å². The van der Waals surface area contributed by atoms with Crippen LogP contribution in [-0.4, -0.2) is 43.3 Å². The molecule has 6 aromatic carbocycles. The van der Waals surface area contributed by atoms with Gasteiger partial charge in [0.1, 0.15) is 22.7 Å². The topological polar surface area (TPSA) is 125 Å². The number of hydrogen-bond acceptors (Lipinski definition) is 4. The molecule has 352 valence electrons. The monoisotopic (exact) mass is 926 g/mol. The molecular weight excluding hydrogens is 869 g/mol. The molecule has 0 amide bonds. The Bertz CT molecular complexity index is 3350. The Kier molecular flexibility index (Phi) is 12.1. The molecule has 0 unspecified atom stereocenters. The second kappa shape index (κ2) is 18.1. The van der Waals surface area contributed by atoms with Gasteiger partial charge in [0.2, 0.25) is 0 Å². The largest absolute Gasteiger partial charge is 0.483 e. The first-order valence-corrected chi connectivity index (χ1v) is 23.6. The van der Waals surface area contributed by atoms with Crippen LogP contribution in [0.5, 0.6) is 11.5 Å². The number of carboxylic acids is 2. The van der Waals surface area contributed by atoms with E-state index in [-0.39, 0.29) is 11.0 Å². The minimum Gasteiger partial charge on any atom is -0.483 e. The lowest BCUT2D eigenvalue weighted by Gasteiger charge is -2.32. The van der Waals surface area contributed by atoms with Crippen molar-refractivity contribution in [1.82, 2.24) is 9.97 Å². The summed E-state index contributed by atoms with van der Waals surface area (Å²) >= 11 is 0. The lowest BCUT2D eigenvalue weighted by Crippen LogP contribution is -2.29. The van der Waals surface area contributed by atoms with Gasteiger partial charge >= 0.3 is 11.9 Å². The summed E-state index contributed by atoms with van der Waals surface area (Å²) in [6, 6.07) is 50.5. The number of benzene rings is 6. The van der Waals surface area contributed by atoms with E-state index in [4.69, 9.17) is 14.6 Å². The van der Waals surface area contributed by atoms with Crippen molar-refractivity contribution in [2.24, 2.45) is 0 Å². The number of aromatic carboxylic acids is 2. The summed E-state index contributed by atoms with van der Waals surface area (Å²) in [6.07, 6.45) is 4.39. The van der Waals surface area contributed by atoms with E-state index >= 15 is 0 Å². The predicted molar refractivity (Wildman–Crippen MR) is 282 cm³/mol. The van der Waals surface area contributed by atoms with Crippen LogP contribution < -0.4 is 9.47 Å². The fraction of sp³-hybridized carbons (Fsp3) is 0.194. The first-order chi connectivity index (χ1) is 33.2. The number of aryl methyl sites for hydroxylation is 2. The van der Waals surface area contributed by atoms with Gasteiger partial charge in [-0.1, -0.05) is 93.1 Å². The number of carbonyl (C=O) groups is 2. The molecule has 2 aliphatic rings. The highest BCUT2D eigenvalue weighted by molar-refractivity contribution is 5.91. The second-order valence-corrected chi connectivity index (χ2v) is 20.4. The molecule has 0 atom stereocenters. The number of aromatic amines is 2. The van der Waals surface area contributed by atoms with Crippen molar-refractivity contribution in [3.05, 3.63) is 214 Å². The minimum absolute atomic E-state index is 0.103. The molecule has 0 bridgehead atoms. The van der Waals surface area contributed by atoms with Crippen molar-refractivity contribution in [3.8, 4) is 56.5 Å². The van der Waals surface area contributed by atoms with Crippen LogP contribution in [0.4, 0.5) is 0 Å². The van der Waals surface area contributed by atoms with E-state index in [1.807, 2.05) is 55.5 Å². The molecule has 4 heterocycles. The number of carboxylic acid groups (broad SMARTS) is 2. The van der Waals surface area contributed by atoms with Crippen LogP contribution in [0.2, 0.25) is 0 Å². The highest BCUT2D eigenvalue weighted by Gasteiger charge is 2.29. The van der Waals surface area contributed by atoms with E-state index in [9.17, 15) is 14.7 Å². The quantitative estimate of drug-likeness (QED) is 0.120. The molecule has 0 spiro atoms. The van der Waals surface area contributed by atoms with E-state index in [1.165, 1.54) is 33.4 Å². The number of aromatic nitrogens is 2. The lowest BCUT2D eigenvalue weighted by molar-refractivity contribution is 0.0685. The average Bonchev–Trinajstić information content (AvgIpc) is 4.02. The standard InChI is InChI=1S/C32H31NO3.C30H27NO3/c1-31(2,3)24-13-10-20(11-14-24)26-19-32(4,5)36-29-17-12-23(18-25(26)29)28-16-15-27(33-28)21-6-8-22(9-7-21)30(34)35;1-18-5-7-20(8-6-18)25-17-30(3,4)34-28-14-10-22(16-24(25)28)27-13-12-26(31-27)21-9-11-23(29(32)33)19(2)15-21/h6-19,33H,1-5H3,(H,34,35);5-17,31H,1-4H3,(H,32,33). The van der Waals surface area contributed by atoms with Crippen molar-refractivity contribution >= 4 is 23.1 Å². The third kappa shape index (κ3) is 9.90. The summed E-state index contributed by atoms with van der Waals surface area (Å²) in [6.45, 7) is 18.9. The lowest BCUT2D eigenvalue weighted by atomic mass is 9.84. The molecule has 0 saturated carbocycles. The maximum Gasteiger partial charge on any atom is 0.335 e. The zero-order chi connectivity index (χ0) is 49.7. The van der Waals surface area contributed by atoms with Crippen LogP contribution >= 0.6 is 0 Å². The van der Waals surface area contributed by atoms with Crippen LogP contribution in [0, 0.1) is 13.8 Å². The number of nitrogens with one attached hydrogen (secondary N) is 2. The van der Waals surface area contributed by atoms with Gasteiger partial charge in [0.05, 0.1) is 11.1 Å². The Morgan fingerprint density at radius 2 is 0.871 bits per heavy atom. The Labute approximate surface area is 410 Å². The first kappa shape index (κ1) is 47.0. The molecule has 0 saturated heterocycles. The van der Waals surface area contributed by atoms with Crippen molar-refractivity contribution in [2.75, 3.05) is 0 Å². The van der Waals surface area contributed by atoms with Gasteiger partial charge < -0.3 is 29.7 Å². The molecule has 10 rings (SSSR count). The maximum absolute atomic E-state index is 11.3. The molecule has 70 heavy (non-hydrogen) atoms. The minimum atomic E-state index is -0.926. The molecule has 0 aliphatic carbocycles. The van der Waals surface area contributed by atoms with Crippen LogP contribution in [0.1, 0.15) is 108 Å². The summed E-state index contributed by atoms with van der Waals surface area (Å²) in [5.41, 5.74) is 17.9. The number of rotatable bonds is 8. The van der Waals surface area contributed by atoms with E-state index in [1.54, 1.807) is 18.2 Å². The third-order valence-corrected chi connectivity index (χ3v) is 12.9. The van der Waals surface area contributed by atoms with Crippen LogP contribution in [-0.2, 0) is 5.41 Å². The number of fused-ring (bicyclic) bond motifs is 2.